The van der Waals surface area contributed by atoms with E-state index in [1.165, 1.54) is 0 Å². The first-order chi connectivity index (χ1) is 13.4. The molecule has 0 N–H and O–H groups in total. The highest BCUT2D eigenvalue weighted by Crippen LogP contribution is 2.65. The van der Waals surface area contributed by atoms with Crippen molar-refractivity contribution in [1.82, 2.24) is 0 Å². The van der Waals surface area contributed by atoms with Gasteiger partial charge in [0, 0.05) is 29.8 Å². The zero-order chi connectivity index (χ0) is 20.3. The predicted molar refractivity (Wildman–Crippen MR) is 115 cm³/mol. The number of carbonyl (C=O) groups is 1. The monoisotopic (exact) mass is 398 g/mol. The first kappa shape index (κ1) is 20.2. The third kappa shape index (κ3) is 3.85. The Morgan fingerprint density at radius 3 is 1.79 bits per heavy atom. The molecule has 1 saturated heterocycles. The Bertz CT molecular complexity index is 849. The van der Waals surface area contributed by atoms with Crippen molar-refractivity contribution in [3.8, 4) is 0 Å². The lowest BCUT2D eigenvalue weighted by molar-refractivity contribution is -0.142. The Hall–Kier alpha value is -2.52. The van der Waals surface area contributed by atoms with Crippen LogP contribution in [0.1, 0.15) is 24.5 Å². The standard InChI is InChI=1S/C22H27N2O3P/c1-5-27-22(25)16-19(4)28(26)23(20-10-6-17(2)7-11-20)14-15-24(28)21-12-8-18(3)9-13-21/h6-13H,4-5,14-16H2,1-3H3. The normalized spacial score (nSPS) is 15.5. The van der Waals surface area contributed by atoms with E-state index in [1.54, 1.807) is 6.92 Å². The number of benzene rings is 2. The smallest absolute Gasteiger partial charge is 0.310 e. The van der Waals surface area contributed by atoms with Crippen molar-refractivity contribution in [2.75, 3.05) is 29.0 Å². The van der Waals surface area contributed by atoms with Crippen LogP contribution in [0.2, 0.25) is 0 Å². The third-order valence-corrected chi connectivity index (χ3v) is 8.06. The summed E-state index contributed by atoms with van der Waals surface area (Å²) in [5.41, 5.74) is 4.01. The molecule has 0 spiro atoms. The second-order valence-electron chi connectivity index (χ2n) is 7.01. The minimum absolute atomic E-state index is 0.0597. The maximum Gasteiger partial charge on any atom is 0.310 e. The lowest BCUT2D eigenvalue weighted by Crippen LogP contribution is -2.21. The summed E-state index contributed by atoms with van der Waals surface area (Å²) in [4.78, 5) is 12.1. The Balaban J connectivity index is 2.01. The topological polar surface area (TPSA) is 49.9 Å². The number of carbonyl (C=O) groups excluding carboxylic acids is 1. The van der Waals surface area contributed by atoms with Gasteiger partial charge >= 0.3 is 5.97 Å². The van der Waals surface area contributed by atoms with Gasteiger partial charge in [0.25, 0.3) is 7.44 Å². The van der Waals surface area contributed by atoms with Gasteiger partial charge in [-0.1, -0.05) is 42.0 Å². The molecule has 6 heteroatoms. The summed E-state index contributed by atoms with van der Waals surface area (Å²) in [6.45, 7) is 11.3. The highest BCUT2D eigenvalue weighted by atomic mass is 31.2. The molecule has 0 atom stereocenters. The van der Waals surface area contributed by atoms with Crippen molar-refractivity contribution < 1.29 is 14.1 Å². The van der Waals surface area contributed by atoms with E-state index in [0.717, 1.165) is 22.5 Å². The zero-order valence-electron chi connectivity index (χ0n) is 16.7. The molecule has 1 heterocycles. The fraction of sp³-hybridized carbons (Fsp3) is 0.318. The molecule has 5 nitrogen and oxygen atoms in total. The first-order valence-electron chi connectivity index (χ1n) is 9.49. The molecule has 0 aromatic heterocycles. The predicted octanol–water partition coefficient (Wildman–Crippen LogP) is 5.29. The van der Waals surface area contributed by atoms with Crippen LogP contribution in [0.3, 0.4) is 0 Å². The molecule has 0 unspecified atom stereocenters. The minimum atomic E-state index is -3.26. The van der Waals surface area contributed by atoms with Crippen LogP contribution >= 0.6 is 7.44 Å². The molecule has 28 heavy (non-hydrogen) atoms. The number of aryl methyl sites for hydroxylation is 2. The van der Waals surface area contributed by atoms with Gasteiger partial charge in [-0.2, -0.15) is 0 Å². The molecule has 0 aliphatic carbocycles. The lowest BCUT2D eigenvalue weighted by atomic mass is 10.2. The molecule has 0 saturated carbocycles. The Morgan fingerprint density at radius 2 is 1.39 bits per heavy atom. The molecule has 0 amide bonds. The SMILES string of the molecule is C=C(CC(=O)OCC)P1(=O)N(c2ccc(C)cc2)CCN1c1ccc(C)cc1. The maximum atomic E-state index is 14.4. The molecular formula is C22H27N2O3P. The highest BCUT2D eigenvalue weighted by molar-refractivity contribution is 7.71. The lowest BCUT2D eigenvalue weighted by Gasteiger charge is -2.33. The summed E-state index contributed by atoms with van der Waals surface area (Å²) in [6, 6.07) is 15.9. The summed E-state index contributed by atoms with van der Waals surface area (Å²) in [5, 5.41) is 0.393. The first-order valence-corrected chi connectivity index (χ1v) is 11.1. The van der Waals surface area contributed by atoms with Crippen molar-refractivity contribution in [3.05, 3.63) is 71.6 Å². The number of esters is 1. The van der Waals surface area contributed by atoms with E-state index in [-0.39, 0.29) is 6.42 Å². The van der Waals surface area contributed by atoms with Crippen molar-refractivity contribution in [3.63, 3.8) is 0 Å². The quantitative estimate of drug-likeness (QED) is 0.489. The molecule has 2 aromatic rings. The summed E-state index contributed by atoms with van der Waals surface area (Å²) < 4.78 is 23.3. The number of hydrogen-bond acceptors (Lipinski definition) is 3. The second kappa shape index (κ2) is 8.24. The molecule has 0 radical (unpaired) electrons. The van der Waals surface area contributed by atoms with Crippen molar-refractivity contribution >= 4 is 24.8 Å². The van der Waals surface area contributed by atoms with Gasteiger partial charge in [-0.15, -0.1) is 0 Å². The minimum Gasteiger partial charge on any atom is -0.466 e. The molecule has 1 fully saturated rings. The molecule has 148 valence electrons. The van der Waals surface area contributed by atoms with Gasteiger partial charge in [0.15, 0.2) is 0 Å². The Labute approximate surface area is 167 Å². The van der Waals surface area contributed by atoms with E-state index in [1.807, 2.05) is 71.7 Å². The van der Waals surface area contributed by atoms with Crippen LogP contribution in [0.15, 0.2) is 60.4 Å². The number of nitrogens with zero attached hydrogens (tertiary/aromatic N) is 2. The van der Waals surface area contributed by atoms with E-state index in [2.05, 4.69) is 6.58 Å². The van der Waals surface area contributed by atoms with Crippen molar-refractivity contribution in [1.29, 1.82) is 0 Å². The van der Waals surface area contributed by atoms with E-state index in [9.17, 15) is 9.36 Å². The van der Waals surface area contributed by atoms with Crippen LogP contribution in [0.5, 0.6) is 0 Å². The number of anilines is 2. The fourth-order valence-electron chi connectivity index (χ4n) is 3.42. The summed E-state index contributed by atoms with van der Waals surface area (Å²) in [5.74, 6) is -0.401. The highest BCUT2D eigenvalue weighted by Gasteiger charge is 2.46. The van der Waals surface area contributed by atoms with Crippen LogP contribution in [-0.2, 0) is 14.1 Å². The molecular weight excluding hydrogens is 371 g/mol. The Kier molecular flexibility index (Phi) is 5.95. The summed E-state index contributed by atoms with van der Waals surface area (Å²) in [6.07, 6.45) is -0.0597. The van der Waals surface area contributed by atoms with Crippen LogP contribution in [0.25, 0.3) is 0 Å². The third-order valence-electron chi connectivity index (χ3n) is 4.91. The van der Waals surface area contributed by atoms with Gasteiger partial charge in [-0.3, -0.25) is 9.36 Å². The zero-order valence-corrected chi connectivity index (χ0v) is 17.6. The van der Waals surface area contributed by atoms with Gasteiger partial charge < -0.3 is 14.1 Å². The Morgan fingerprint density at radius 1 is 0.964 bits per heavy atom. The van der Waals surface area contributed by atoms with E-state index in [4.69, 9.17) is 4.74 Å². The van der Waals surface area contributed by atoms with Gasteiger partial charge in [0.2, 0.25) is 0 Å². The van der Waals surface area contributed by atoms with Gasteiger partial charge in [-0.25, -0.2) is 0 Å². The van der Waals surface area contributed by atoms with E-state index < -0.39 is 13.4 Å². The van der Waals surface area contributed by atoms with Crippen LogP contribution in [0, 0.1) is 13.8 Å². The number of rotatable bonds is 6. The molecule has 1 aliphatic heterocycles. The number of ether oxygens (including phenoxy) is 1. The van der Waals surface area contributed by atoms with Crippen molar-refractivity contribution in [2.45, 2.75) is 27.2 Å². The molecule has 0 bridgehead atoms. The second-order valence-corrected chi connectivity index (χ2v) is 9.70. The molecule has 2 aromatic carbocycles. The summed E-state index contributed by atoms with van der Waals surface area (Å²) in [7, 11) is -3.26. The van der Waals surface area contributed by atoms with Crippen LogP contribution < -0.4 is 9.34 Å². The van der Waals surface area contributed by atoms with Gasteiger partial charge in [0.1, 0.15) is 0 Å². The van der Waals surface area contributed by atoms with Gasteiger partial charge in [0.05, 0.1) is 13.0 Å². The molecule has 3 rings (SSSR count). The van der Waals surface area contributed by atoms with Crippen molar-refractivity contribution in [2.24, 2.45) is 0 Å². The average molecular weight is 398 g/mol. The average Bonchev–Trinajstić information content (AvgIpc) is 3.02. The van der Waals surface area contributed by atoms with E-state index in [0.29, 0.717) is 25.0 Å². The van der Waals surface area contributed by atoms with Gasteiger partial charge in [-0.05, 0) is 45.0 Å². The van der Waals surface area contributed by atoms with E-state index >= 15 is 0 Å². The molecule has 1 aliphatic rings. The summed E-state index contributed by atoms with van der Waals surface area (Å²) >= 11 is 0. The largest absolute Gasteiger partial charge is 0.466 e. The maximum absolute atomic E-state index is 14.4. The fourth-order valence-corrected chi connectivity index (χ4v) is 6.31. The van der Waals surface area contributed by atoms with Crippen LogP contribution in [-0.4, -0.2) is 25.7 Å². The van der Waals surface area contributed by atoms with Crippen LogP contribution in [0.4, 0.5) is 11.4 Å². The number of hydrogen-bond donors (Lipinski definition) is 0.